The fourth-order valence-electron chi connectivity index (χ4n) is 2.44. The van der Waals surface area contributed by atoms with Gasteiger partial charge in [0.15, 0.2) is 0 Å². The van der Waals surface area contributed by atoms with Gasteiger partial charge < -0.3 is 0 Å². The minimum Gasteiger partial charge on any atom is -0.273 e. The second-order valence-electron chi connectivity index (χ2n) is 4.80. The van der Waals surface area contributed by atoms with Gasteiger partial charge in [0.2, 0.25) is 5.91 Å². The van der Waals surface area contributed by atoms with E-state index in [-0.39, 0.29) is 5.91 Å². The van der Waals surface area contributed by atoms with E-state index in [1.54, 1.807) is 0 Å². The van der Waals surface area contributed by atoms with Gasteiger partial charge in [-0.3, -0.25) is 4.79 Å². The Balaban J connectivity index is 1.87. The minimum absolute atomic E-state index is 0.0320. The molecule has 1 fully saturated rings. The van der Waals surface area contributed by atoms with Crippen LogP contribution in [0.2, 0.25) is 0 Å². The maximum absolute atomic E-state index is 11.7. The van der Waals surface area contributed by atoms with Gasteiger partial charge in [0.05, 0.1) is 6.42 Å². The van der Waals surface area contributed by atoms with E-state index in [0.29, 0.717) is 12.3 Å². The normalized spacial score (nSPS) is 21.2. The molecule has 0 aliphatic heterocycles. The first kappa shape index (κ1) is 12.8. The second-order valence-corrected chi connectivity index (χ2v) is 4.80. The Labute approximate surface area is 108 Å². The molecule has 1 aliphatic rings. The van der Waals surface area contributed by atoms with Crippen LogP contribution in [0.1, 0.15) is 38.2 Å². The monoisotopic (exact) mass is 244 g/mol. The van der Waals surface area contributed by atoms with Crippen LogP contribution in [0.4, 0.5) is 0 Å². The lowest BCUT2D eigenvalue weighted by Crippen LogP contribution is -2.22. The average Bonchev–Trinajstić information content (AvgIpc) is 2.85. The van der Waals surface area contributed by atoms with Crippen LogP contribution < -0.4 is 5.43 Å². The van der Waals surface area contributed by atoms with Crippen LogP contribution >= 0.6 is 0 Å². The molecule has 3 heteroatoms. The van der Waals surface area contributed by atoms with Crippen molar-refractivity contribution in [3.05, 3.63) is 35.9 Å². The first-order valence-electron chi connectivity index (χ1n) is 6.68. The number of carbonyl (C=O) groups is 1. The van der Waals surface area contributed by atoms with Crippen LogP contribution in [0.3, 0.4) is 0 Å². The highest BCUT2D eigenvalue weighted by Crippen LogP contribution is 2.24. The van der Waals surface area contributed by atoms with Crippen molar-refractivity contribution in [2.24, 2.45) is 11.0 Å². The Kier molecular flexibility index (Phi) is 4.51. The molecule has 0 spiro atoms. The number of hydrazone groups is 1. The third-order valence-electron chi connectivity index (χ3n) is 3.48. The molecule has 0 radical (unpaired) electrons. The van der Waals surface area contributed by atoms with Crippen molar-refractivity contribution < 1.29 is 4.79 Å². The molecule has 1 aliphatic carbocycles. The lowest BCUT2D eigenvalue weighted by Gasteiger charge is -2.07. The average molecular weight is 244 g/mol. The summed E-state index contributed by atoms with van der Waals surface area (Å²) in [7, 11) is 0. The Morgan fingerprint density at radius 1 is 1.39 bits per heavy atom. The molecule has 0 saturated heterocycles. The molecule has 96 valence electrons. The van der Waals surface area contributed by atoms with Crippen molar-refractivity contribution in [2.45, 2.75) is 39.0 Å². The quantitative estimate of drug-likeness (QED) is 0.813. The van der Waals surface area contributed by atoms with E-state index in [2.05, 4.69) is 17.5 Å². The molecule has 1 aromatic carbocycles. The molecule has 1 aromatic rings. The van der Waals surface area contributed by atoms with Crippen molar-refractivity contribution in [1.82, 2.24) is 5.43 Å². The molecule has 0 aromatic heterocycles. The summed E-state index contributed by atoms with van der Waals surface area (Å²) in [5, 5.41) is 4.29. The molecule has 1 atom stereocenters. The van der Waals surface area contributed by atoms with E-state index in [1.165, 1.54) is 18.6 Å². The SMILES string of the molecule is CCC1CCC/C1=N/NC(=O)Cc1ccccc1. The number of amides is 1. The van der Waals surface area contributed by atoms with Crippen molar-refractivity contribution in [1.29, 1.82) is 0 Å². The van der Waals surface area contributed by atoms with Gasteiger partial charge in [-0.25, -0.2) is 5.43 Å². The van der Waals surface area contributed by atoms with E-state index < -0.39 is 0 Å². The summed E-state index contributed by atoms with van der Waals surface area (Å²) < 4.78 is 0. The van der Waals surface area contributed by atoms with Crippen LogP contribution in [-0.2, 0) is 11.2 Å². The van der Waals surface area contributed by atoms with Gasteiger partial charge in [0, 0.05) is 5.71 Å². The molecule has 0 heterocycles. The van der Waals surface area contributed by atoms with Crippen LogP contribution in [0.15, 0.2) is 35.4 Å². The van der Waals surface area contributed by atoms with E-state index in [0.717, 1.165) is 18.4 Å². The van der Waals surface area contributed by atoms with Gasteiger partial charge in [-0.05, 0) is 37.2 Å². The topological polar surface area (TPSA) is 41.5 Å². The molecule has 1 N–H and O–H groups in total. The fraction of sp³-hybridized carbons (Fsp3) is 0.467. The summed E-state index contributed by atoms with van der Waals surface area (Å²) in [4.78, 5) is 11.7. The van der Waals surface area contributed by atoms with Crippen molar-refractivity contribution in [2.75, 3.05) is 0 Å². The highest BCUT2D eigenvalue weighted by atomic mass is 16.2. The third-order valence-corrected chi connectivity index (χ3v) is 3.48. The zero-order valence-electron chi connectivity index (χ0n) is 10.9. The van der Waals surface area contributed by atoms with Crippen LogP contribution in [0.5, 0.6) is 0 Å². The fourth-order valence-corrected chi connectivity index (χ4v) is 2.44. The molecule has 2 rings (SSSR count). The number of nitrogens with zero attached hydrogens (tertiary/aromatic N) is 1. The minimum atomic E-state index is -0.0320. The summed E-state index contributed by atoms with van der Waals surface area (Å²) in [5.74, 6) is 0.539. The first-order valence-corrected chi connectivity index (χ1v) is 6.68. The van der Waals surface area contributed by atoms with E-state index >= 15 is 0 Å². The number of rotatable bonds is 4. The van der Waals surface area contributed by atoms with Crippen molar-refractivity contribution >= 4 is 11.6 Å². The Morgan fingerprint density at radius 3 is 2.89 bits per heavy atom. The molecular weight excluding hydrogens is 224 g/mol. The van der Waals surface area contributed by atoms with Gasteiger partial charge in [-0.2, -0.15) is 5.10 Å². The lowest BCUT2D eigenvalue weighted by molar-refractivity contribution is -0.120. The van der Waals surface area contributed by atoms with Crippen LogP contribution in [0, 0.1) is 5.92 Å². The maximum Gasteiger partial charge on any atom is 0.244 e. The first-order chi connectivity index (χ1) is 8.79. The Bertz CT molecular complexity index is 425. The van der Waals surface area contributed by atoms with Gasteiger partial charge >= 0.3 is 0 Å². The summed E-state index contributed by atoms with van der Waals surface area (Å²) in [6, 6.07) is 9.75. The Hall–Kier alpha value is -1.64. The summed E-state index contributed by atoms with van der Waals surface area (Å²) >= 11 is 0. The zero-order valence-corrected chi connectivity index (χ0v) is 10.9. The molecule has 1 saturated carbocycles. The number of hydrogen-bond donors (Lipinski definition) is 1. The molecule has 18 heavy (non-hydrogen) atoms. The highest BCUT2D eigenvalue weighted by Gasteiger charge is 2.20. The summed E-state index contributed by atoms with van der Waals surface area (Å²) in [6.45, 7) is 2.18. The Morgan fingerprint density at radius 2 is 2.17 bits per heavy atom. The molecular formula is C15H20N2O. The smallest absolute Gasteiger partial charge is 0.244 e. The zero-order chi connectivity index (χ0) is 12.8. The molecule has 1 unspecified atom stereocenters. The van der Waals surface area contributed by atoms with E-state index in [9.17, 15) is 4.79 Å². The van der Waals surface area contributed by atoms with E-state index in [1.807, 2.05) is 30.3 Å². The molecule has 0 bridgehead atoms. The highest BCUT2D eigenvalue weighted by molar-refractivity contribution is 5.90. The molecule has 1 amide bonds. The second kappa shape index (κ2) is 6.34. The number of benzene rings is 1. The van der Waals surface area contributed by atoms with Gasteiger partial charge in [0.1, 0.15) is 0 Å². The van der Waals surface area contributed by atoms with Gasteiger partial charge in [0.25, 0.3) is 0 Å². The number of nitrogens with one attached hydrogen (secondary N) is 1. The maximum atomic E-state index is 11.7. The lowest BCUT2D eigenvalue weighted by atomic mass is 10.0. The van der Waals surface area contributed by atoms with Crippen molar-refractivity contribution in [3.63, 3.8) is 0 Å². The van der Waals surface area contributed by atoms with Gasteiger partial charge in [-0.1, -0.05) is 37.3 Å². The summed E-state index contributed by atoms with van der Waals surface area (Å²) in [5.41, 5.74) is 4.87. The summed E-state index contributed by atoms with van der Waals surface area (Å²) in [6.07, 6.45) is 4.96. The van der Waals surface area contributed by atoms with Gasteiger partial charge in [-0.15, -0.1) is 0 Å². The largest absolute Gasteiger partial charge is 0.273 e. The predicted molar refractivity (Wildman–Crippen MR) is 73.4 cm³/mol. The van der Waals surface area contributed by atoms with Crippen LogP contribution in [0.25, 0.3) is 0 Å². The number of carbonyl (C=O) groups excluding carboxylic acids is 1. The predicted octanol–water partition coefficient (Wildman–Crippen LogP) is 2.91. The standard InChI is InChI=1S/C15H20N2O/c1-2-13-9-6-10-14(13)16-17-15(18)11-12-7-4-3-5-8-12/h3-5,7-8,13H,2,6,9-11H2,1H3,(H,17,18)/b16-14-. The number of hydrogen-bond acceptors (Lipinski definition) is 2. The van der Waals surface area contributed by atoms with Crippen molar-refractivity contribution in [3.8, 4) is 0 Å². The van der Waals surface area contributed by atoms with Crippen LogP contribution in [-0.4, -0.2) is 11.6 Å². The van der Waals surface area contributed by atoms with E-state index in [4.69, 9.17) is 0 Å². The third kappa shape index (κ3) is 3.42. The molecule has 3 nitrogen and oxygen atoms in total.